The van der Waals surface area contributed by atoms with Gasteiger partial charge in [-0.05, 0) is 78.6 Å². The number of methoxy groups -OCH3 is 1. The highest BCUT2D eigenvalue weighted by Gasteiger charge is 2.26. The van der Waals surface area contributed by atoms with E-state index in [9.17, 15) is 14.7 Å². The summed E-state index contributed by atoms with van der Waals surface area (Å²) < 4.78 is 13.8. The van der Waals surface area contributed by atoms with Crippen molar-refractivity contribution in [3.05, 3.63) is 0 Å². The van der Waals surface area contributed by atoms with Gasteiger partial charge in [0, 0.05) is 19.2 Å². The van der Waals surface area contributed by atoms with E-state index in [1.807, 2.05) is 0 Å². The molecule has 3 saturated carbocycles. The molecule has 248 valence electrons. The topological polar surface area (TPSA) is 187 Å². The third kappa shape index (κ3) is 25.5. The Bertz CT molecular complexity index is 535. The van der Waals surface area contributed by atoms with Crippen LogP contribution in [0.3, 0.4) is 0 Å². The van der Waals surface area contributed by atoms with Crippen molar-refractivity contribution in [3.63, 3.8) is 0 Å². The molecule has 0 radical (unpaired) electrons. The molecule has 0 saturated heterocycles. The molecule has 0 spiro atoms. The van der Waals surface area contributed by atoms with E-state index < -0.39 is 6.16 Å². The summed E-state index contributed by atoms with van der Waals surface area (Å²) in [7, 11) is 1.48. The normalized spacial score (nSPS) is 25.4. The molecule has 3 fully saturated rings. The SMILES string of the molecule is C.C.C.C.C.CCOC(=O)OC(C)C.COCC(=O)N[C@@H]1CCC[C@H]1O.NC1CCCC1O.N[C@H]1CCC[C@@H]1O. The van der Waals surface area contributed by atoms with Gasteiger partial charge in [-0.2, -0.15) is 0 Å². The lowest BCUT2D eigenvalue weighted by Crippen LogP contribution is -2.41. The molecule has 3 rings (SSSR count). The van der Waals surface area contributed by atoms with Crippen LogP contribution in [0.2, 0.25) is 0 Å². The van der Waals surface area contributed by atoms with E-state index in [0.717, 1.165) is 57.8 Å². The minimum absolute atomic E-state index is 0. The third-order valence-electron chi connectivity index (χ3n) is 5.76. The first-order valence-electron chi connectivity index (χ1n) is 12.7. The number of carbonyl (C=O) groups excluding carboxylic acids is 2. The second kappa shape index (κ2) is 30.5. The highest BCUT2D eigenvalue weighted by molar-refractivity contribution is 5.77. The standard InChI is InChI=1S/C8H15NO3.C6H12O3.2C5H11NO.5CH4/c1-12-5-8(11)9-6-3-2-4-7(6)10;1-4-8-6(7)9-5(2)3;2*6-4-2-1-3-5(4)7;;;;;/h6-7,10H,2-5H2,1H3,(H,9,11);5H,4H2,1-3H3;2*4-5,7H,1-3,6H2;5*1H4/t6-,7-;;4-,5-;;;;;;/m1.0....../s1. The van der Waals surface area contributed by atoms with Crippen molar-refractivity contribution in [2.75, 3.05) is 20.3 Å². The summed E-state index contributed by atoms with van der Waals surface area (Å²) in [6, 6.07) is 0.0765. The van der Waals surface area contributed by atoms with Crippen molar-refractivity contribution in [1.82, 2.24) is 5.32 Å². The molecule has 0 aromatic carbocycles. The number of nitrogens with two attached hydrogens (primary N) is 2. The molecule has 11 nitrogen and oxygen atoms in total. The third-order valence-corrected chi connectivity index (χ3v) is 5.76. The van der Waals surface area contributed by atoms with E-state index in [-0.39, 0.29) is 92.2 Å². The number of rotatable bonds is 5. The molecular formula is C29H69N3O8. The van der Waals surface area contributed by atoms with Crippen molar-refractivity contribution in [2.24, 2.45) is 11.5 Å². The molecule has 2 unspecified atom stereocenters. The van der Waals surface area contributed by atoms with E-state index in [1.165, 1.54) is 7.11 Å². The van der Waals surface area contributed by atoms with Crippen molar-refractivity contribution in [2.45, 2.75) is 158 Å². The summed E-state index contributed by atoms with van der Waals surface area (Å²) in [5, 5.41) is 29.8. The van der Waals surface area contributed by atoms with Crippen LogP contribution >= 0.6 is 0 Å². The fourth-order valence-corrected chi connectivity index (χ4v) is 3.77. The lowest BCUT2D eigenvalue weighted by molar-refractivity contribution is -0.126. The summed E-state index contributed by atoms with van der Waals surface area (Å²) in [6.07, 6.45) is 7.19. The molecule has 0 bridgehead atoms. The number of carbonyl (C=O) groups is 2. The van der Waals surface area contributed by atoms with E-state index in [0.29, 0.717) is 6.61 Å². The first kappa shape index (κ1) is 51.3. The molecule has 0 aliphatic heterocycles. The van der Waals surface area contributed by atoms with Crippen LogP contribution in [0.1, 0.15) is 116 Å². The maximum atomic E-state index is 11.0. The number of hydrogen-bond donors (Lipinski definition) is 6. The van der Waals surface area contributed by atoms with Crippen molar-refractivity contribution in [1.29, 1.82) is 0 Å². The van der Waals surface area contributed by atoms with Crippen LogP contribution in [-0.2, 0) is 19.0 Å². The number of aliphatic hydroxyl groups is 3. The zero-order valence-electron chi connectivity index (χ0n) is 21.9. The molecule has 0 aromatic heterocycles. The van der Waals surface area contributed by atoms with Crippen molar-refractivity contribution < 1.29 is 39.1 Å². The predicted octanol–water partition coefficient (Wildman–Crippen LogP) is 4.13. The Morgan fingerprint density at radius 3 is 1.48 bits per heavy atom. The summed E-state index contributed by atoms with van der Waals surface area (Å²) in [5.41, 5.74) is 10.9. The lowest BCUT2D eigenvalue weighted by Gasteiger charge is -2.15. The molecule has 3 aliphatic carbocycles. The average molecular weight is 588 g/mol. The summed E-state index contributed by atoms with van der Waals surface area (Å²) in [6.45, 7) is 5.73. The maximum Gasteiger partial charge on any atom is 0.508 e. The first-order valence-corrected chi connectivity index (χ1v) is 12.7. The molecule has 40 heavy (non-hydrogen) atoms. The van der Waals surface area contributed by atoms with Gasteiger partial charge in [-0.25, -0.2) is 4.79 Å². The second-order valence-corrected chi connectivity index (χ2v) is 9.28. The van der Waals surface area contributed by atoms with Crippen LogP contribution in [0.4, 0.5) is 4.79 Å². The predicted molar refractivity (Wildman–Crippen MR) is 166 cm³/mol. The van der Waals surface area contributed by atoms with Crippen LogP contribution in [0, 0.1) is 0 Å². The zero-order valence-corrected chi connectivity index (χ0v) is 21.9. The van der Waals surface area contributed by atoms with Gasteiger partial charge in [0.05, 0.1) is 37.1 Å². The minimum Gasteiger partial charge on any atom is -0.435 e. The van der Waals surface area contributed by atoms with Gasteiger partial charge < -0.3 is 46.3 Å². The van der Waals surface area contributed by atoms with Crippen LogP contribution in [0.15, 0.2) is 0 Å². The fourth-order valence-electron chi connectivity index (χ4n) is 3.77. The Morgan fingerprint density at radius 1 is 0.800 bits per heavy atom. The van der Waals surface area contributed by atoms with E-state index >= 15 is 0 Å². The van der Waals surface area contributed by atoms with Gasteiger partial charge in [0.2, 0.25) is 5.91 Å². The van der Waals surface area contributed by atoms with Gasteiger partial charge in [0.1, 0.15) is 6.61 Å². The number of nitrogens with one attached hydrogen (secondary N) is 1. The van der Waals surface area contributed by atoms with Gasteiger partial charge in [-0.15, -0.1) is 0 Å². The van der Waals surface area contributed by atoms with Crippen LogP contribution < -0.4 is 16.8 Å². The molecule has 11 heteroatoms. The molecule has 0 heterocycles. The van der Waals surface area contributed by atoms with Gasteiger partial charge >= 0.3 is 6.16 Å². The van der Waals surface area contributed by atoms with Gasteiger partial charge in [-0.3, -0.25) is 4.79 Å². The van der Waals surface area contributed by atoms with Gasteiger partial charge in [-0.1, -0.05) is 37.1 Å². The summed E-state index contributed by atoms with van der Waals surface area (Å²) in [4.78, 5) is 21.4. The quantitative estimate of drug-likeness (QED) is 0.255. The molecule has 1 amide bonds. The maximum absolute atomic E-state index is 11.0. The molecule has 8 N–H and O–H groups in total. The lowest BCUT2D eigenvalue weighted by atomic mass is 10.2. The number of ether oxygens (including phenoxy) is 3. The molecule has 3 aliphatic rings. The molecular weight excluding hydrogens is 518 g/mol. The van der Waals surface area contributed by atoms with Crippen LogP contribution in [0.25, 0.3) is 0 Å². The van der Waals surface area contributed by atoms with Gasteiger partial charge in [0.25, 0.3) is 0 Å². The number of aliphatic hydroxyl groups excluding tert-OH is 3. The minimum atomic E-state index is -0.590. The fraction of sp³-hybridized carbons (Fsp3) is 0.931. The Morgan fingerprint density at radius 2 is 1.23 bits per heavy atom. The van der Waals surface area contributed by atoms with Crippen molar-refractivity contribution in [3.8, 4) is 0 Å². The summed E-state index contributed by atoms with van der Waals surface area (Å²) in [5.74, 6) is -0.150. The van der Waals surface area contributed by atoms with E-state index in [1.54, 1.807) is 20.8 Å². The summed E-state index contributed by atoms with van der Waals surface area (Å²) >= 11 is 0. The average Bonchev–Trinajstić information content (AvgIpc) is 3.47. The van der Waals surface area contributed by atoms with Gasteiger partial charge in [0.15, 0.2) is 0 Å². The van der Waals surface area contributed by atoms with E-state index in [4.69, 9.17) is 21.7 Å². The highest BCUT2D eigenvalue weighted by Crippen LogP contribution is 2.18. The van der Waals surface area contributed by atoms with Crippen LogP contribution in [0.5, 0.6) is 0 Å². The van der Waals surface area contributed by atoms with Crippen molar-refractivity contribution >= 4 is 12.1 Å². The Balaban J connectivity index is -0.0000000944. The van der Waals surface area contributed by atoms with Crippen LogP contribution in [-0.4, -0.2) is 90.2 Å². The smallest absolute Gasteiger partial charge is 0.435 e. The second-order valence-electron chi connectivity index (χ2n) is 9.28. The largest absolute Gasteiger partial charge is 0.508 e. The Kier molecular flexibility index (Phi) is 39.0. The monoisotopic (exact) mass is 588 g/mol. The number of hydrogen-bond acceptors (Lipinski definition) is 10. The highest BCUT2D eigenvalue weighted by atomic mass is 16.7. The Labute approximate surface area is 246 Å². The zero-order chi connectivity index (χ0) is 26.8. The molecule has 6 atom stereocenters. The molecule has 0 aromatic rings. The first-order chi connectivity index (χ1) is 16.5. The van der Waals surface area contributed by atoms with E-state index in [2.05, 4.69) is 19.5 Å². The number of amides is 1. The Hall–Kier alpha value is -1.50.